The van der Waals surface area contributed by atoms with Gasteiger partial charge < -0.3 is 14.9 Å². The first-order valence-corrected chi connectivity index (χ1v) is 7.35. The minimum atomic E-state index is -1.19. The van der Waals surface area contributed by atoms with Crippen LogP contribution >= 0.6 is 0 Å². The molecule has 0 aliphatic heterocycles. The van der Waals surface area contributed by atoms with Gasteiger partial charge in [0.1, 0.15) is 18.7 Å². The lowest BCUT2D eigenvalue weighted by atomic mass is 10.1. The topological polar surface area (TPSA) is 113 Å². The van der Waals surface area contributed by atoms with Crippen molar-refractivity contribution in [2.24, 2.45) is 0 Å². The summed E-state index contributed by atoms with van der Waals surface area (Å²) in [6, 6.07) is 7.22. The Hall–Kier alpha value is -2.41. The average molecular weight is 323 g/mol. The monoisotopic (exact) mass is 323 g/mol. The number of carboxylic acids is 2. The maximum Gasteiger partial charge on any atom is 0.323 e. The highest BCUT2D eigenvalue weighted by Crippen LogP contribution is 2.06. The third-order valence-corrected chi connectivity index (χ3v) is 3.26. The van der Waals surface area contributed by atoms with Crippen molar-refractivity contribution in [3.63, 3.8) is 0 Å². The Bertz CT molecular complexity index is 531. The van der Waals surface area contributed by atoms with Gasteiger partial charge in [0.2, 0.25) is 0 Å². The van der Waals surface area contributed by atoms with Gasteiger partial charge in [-0.05, 0) is 18.4 Å². The van der Waals surface area contributed by atoms with Crippen LogP contribution in [0.15, 0.2) is 30.3 Å². The molecule has 0 spiro atoms. The number of nitrogens with one attached hydrogen (secondary N) is 1. The van der Waals surface area contributed by atoms with Crippen LogP contribution in [0, 0.1) is 0 Å². The summed E-state index contributed by atoms with van der Waals surface area (Å²) in [7, 11) is 0. The molecule has 0 saturated heterocycles. The Morgan fingerprint density at radius 3 is 2.30 bits per heavy atom. The van der Waals surface area contributed by atoms with E-state index in [9.17, 15) is 14.4 Å². The highest BCUT2D eigenvalue weighted by molar-refractivity contribution is 5.79. The highest BCUT2D eigenvalue weighted by atomic mass is 16.5. The summed E-state index contributed by atoms with van der Waals surface area (Å²) in [5.74, 6) is -2.84. The van der Waals surface area contributed by atoms with Crippen molar-refractivity contribution in [1.29, 1.82) is 0 Å². The number of benzene rings is 1. The van der Waals surface area contributed by atoms with E-state index in [2.05, 4.69) is 5.32 Å². The van der Waals surface area contributed by atoms with Gasteiger partial charge in [0.05, 0.1) is 0 Å². The Kier molecular flexibility index (Phi) is 7.76. The molecule has 1 aromatic rings. The van der Waals surface area contributed by atoms with Crippen molar-refractivity contribution >= 4 is 17.9 Å². The normalized spacial score (nSPS) is 13.1. The van der Waals surface area contributed by atoms with Crippen LogP contribution in [-0.4, -0.2) is 40.2 Å². The molecule has 0 saturated carbocycles. The summed E-state index contributed by atoms with van der Waals surface area (Å²) in [6.45, 7) is 1.82. The molecule has 0 aliphatic rings. The number of hydrogen-bond donors (Lipinski definition) is 3. The third-order valence-electron chi connectivity index (χ3n) is 3.26. The van der Waals surface area contributed by atoms with Crippen LogP contribution in [0.2, 0.25) is 0 Å². The maximum atomic E-state index is 12.0. The van der Waals surface area contributed by atoms with Gasteiger partial charge in [0.15, 0.2) is 0 Å². The van der Waals surface area contributed by atoms with E-state index >= 15 is 0 Å². The van der Waals surface area contributed by atoms with E-state index in [0.29, 0.717) is 6.42 Å². The number of carbonyl (C=O) groups is 3. The predicted molar refractivity (Wildman–Crippen MR) is 81.7 cm³/mol. The van der Waals surface area contributed by atoms with E-state index < -0.39 is 30.0 Å². The predicted octanol–water partition coefficient (Wildman–Crippen LogP) is 1.42. The number of esters is 1. The van der Waals surface area contributed by atoms with Crippen molar-refractivity contribution in [1.82, 2.24) is 5.32 Å². The zero-order valence-electron chi connectivity index (χ0n) is 12.9. The molecule has 2 atom stereocenters. The molecule has 0 aliphatic carbocycles. The van der Waals surface area contributed by atoms with Gasteiger partial charge in [0.25, 0.3) is 0 Å². The van der Waals surface area contributed by atoms with Gasteiger partial charge in [-0.15, -0.1) is 0 Å². The standard InChI is InChI=1S/C16H21NO6/c1-2-12(17-13(15(20)21)8-9-14(18)19)16(22)23-10-11-6-4-3-5-7-11/h3-7,12-13,17H,2,8-10H2,1H3,(H,18,19)(H,20,21). The second kappa shape index (κ2) is 9.58. The lowest BCUT2D eigenvalue weighted by Crippen LogP contribution is -2.47. The number of carboxylic acid groups (broad SMARTS) is 2. The molecule has 23 heavy (non-hydrogen) atoms. The fourth-order valence-electron chi connectivity index (χ4n) is 1.97. The summed E-state index contributed by atoms with van der Waals surface area (Å²) in [5, 5.41) is 20.4. The third kappa shape index (κ3) is 6.92. The lowest BCUT2D eigenvalue weighted by molar-refractivity contribution is -0.148. The zero-order chi connectivity index (χ0) is 17.2. The van der Waals surface area contributed by atoms with Crippen LogP contribution in [0.1, 0.15) is 31.7 Å². The summed E-state index contributed by atoms with van der Waals surface area (Å²) < 4.78 is 5.18. The Balaban J connectivity index is 2.57. The second-order valence-corrected chi connectivity index (χ2v) is 5.04. The second-order valence-electron chi connectivity index (χ2n) is 5.04. The van der Waals surface area contributed by atoms with E-state index in [4.69, 9.17) is 14.9 Å². The van der Waals surface area contributed by atoms with Gasteiger partial charge in [-0.2, -0.15) is 0 Å². The van der Waals surface area contributed by atoms with Crippen LogP contribution in [0.5, 0.6) is 0 Å². The highest BCUT2D eigenvalue weighted by Gasteiger charge is 2.26. The largest absolute Gasteiger partial charge is 0.481 e. The summed E-state index contributed by atoms with van der Waals surface area (Å²) in [4.78, 5) is 33.8. The molecule has 1 aromatic carbocycles. The van der Waals surface area contributed by atoms with Crippen molar-refractivity contribution < 1.29 is 29.3 Å². The van der Waals surface area contributed by atoms with E-state index in [-0.39, 0.29) is 19.4 Å². The molecule has 0 aromatic heterocycles. The minimum Gasteiger partial charge on any atom is -0.481 e. The van der Waals surface area contributed by atoms with Crippen molar-refractivity contribution in [3.8, 4) is 0 Å². The van der Waals surface area contributed by atoms with E-state index in [0.717, 1.165) is 5.56 Å². The maximum absolute atomic E-state index is 12.0. The number of carbonyl (C=O) groups excluding carboxylic acids is 1. The number of aliphatic carboxylic acids is 2. The first kappa shape index (κ1) is 18.6. The molecule has 0 amide bonds. The van der Waals surface area contributed by atoms with Crippen LogP contribution in [-0.2, 0) is 25.7 Å². The molecule has 0 heterocycles. The smallest absolute Gasteiger partial charge is 0.323 e. The van der Waals surface area contributed by atoms with Crippen molar-refractivity contribution in [3.05, 3.63) is 35.9 Å². The number of hydrogen-bond acceptors (Lipinski definition) is 5. The fourth-order valence-corrected chi connectivity index (χ4v) is 1.97. The summed E-state index contributed by atoms with van der Waals surface area (Å²) in [6.07, 6.45) is -0.0585. The molecule has 3 N–H and O–H groups in total. The van der Waals surface area contributed by atoms with E-state index in [1.54, 1.807) is 6.92 Å². The number of rotatable bonds is 10. The summed E-state index contributed by atoms with van der Waals surface area (Å²) in [5.41, 5.74) is 0.830. The van der Waals surface area contributed by atoms with Crippen molar-refractivity contribution in [2.75, 3.05) is 0 Å². The van der Waals surface area contributed by atoms with Gasteiger partial charge >= 0.3 is 17.9 Å². The minimum absolute atomic E-state index is 0.102. The van der Waals surface area contributed by atoms with Crippen LogP contribution < -0.4 is 5.32 Å². The summed E-state index contributed by atoms with van der Waals surface area (Å²) >= 11 is 0. The first-order valence-electron chi connectivity index (χ1n) is 7.35. The van der Waals surface area contributed by atoms with Gasteiger partial charge in [-0.25, -0.2) is 0 Å². The number of ether oxygens (including phenoxy) is 1. The molecule has 7 nitrogen and oxygen atoms in total. The molecule has 2 unspecified atom stereocenters. The van der Waals surface area contributed by atoms with Gasteiger partial charge in [-0.1, -0.05) is 37.3 Å². The van der Waals surface area contributed by atoms with Crippen LogP contribution in [0.25, 0.3) is 0 Å². The Morgan fingerprint density at radius 1 is 1.13 bits per heavy atom. The van der Waals surface area contributed by atoms with Gasteiger partial charge in [0, 0.05) is 6.42 Å². The average Bonchev–Trinajstić information content (AvgIpc) is 2.53. The Labute approximate surface area is 134 Å². The molecule has 1 rings (SSSR count). The molecule has 0 radical (unpaired) electrons. The quantitative estimate of drug-likeness (QED) is 0.558. The molecule has 7 heteroatoms. The molecule has 126 valence electrons. The zero-order valence-corrected chi connectivity index (χ0v) is 12.9. The van der Waals surface area contributed by atoms with Gasteiger partial charge in [-0.3, -0.25) is 19.7 Å². The van der Waals surface area contributed by atoms with Crippen molar-refractivity contribution in [2.45, 2.75) is 44.9 Å². The van der Waals surface area contributed by atoms with E-state index in [1.165, 1.54) is 0 Å². The Morgan fingerprint density at radius 2 is 1.78 bits per heavy atom. The molecule has 0 bridgehead atoms. The van der Waals surface area contributed by atoms with Crippen LogP contribution in [0.4, 0.5) is 0 Å². The first-order chi connectivity index (χ1) is 10.9. The van der Waals surface area contributed by atoms with Crippen LogP contribution in [0.3, 0.4) is 0 Å². The lowest BCUT2D eigenvalue weighted by Gasteiger charge is -2.20. The SMILES string of the molecule is CCC(NC(CCC(=O)O)C(=O)O)C(=O)OCc1ccccc1. The molecular weight excluding hydrogens is 302 g/mol. The fraction of sp³-hybridized carbons (Fsp3) is 0.438. The molecular formula is C16H21NO6. The molecule has 0 fully saturated rings. The van der Waals surface area contributed by atoms with E-state index in [1.807, 2.05) is 30.3 Å².